The van der Waals surface area contributed by atoms with Crippen LogP contribution in [0.25, 0.3) is 0 Å². The minimum atomic E-state index is -0.384. The summed E-state index contributed by atoms with van der Waals surface area (Å²) in [5, 5.41) is 2.72. The van der Waals surface area contributed by atoms with Crippen molar-refractivity contribution in [2.75, 3.05) is 26.2 Å². The van der Waals surface area contributed by atoms with Gasteiger partial charge in [-0.15, -0.1) is 0 Å². The molecular formula is C19H25N3O3. The Morgan fingerprint density at radius 1 is 1.12 bits per heavy atom. The average Bonchev–Trinajstić information content (AvgIpc) is 3.03. The fourth-order valence-electron chi connectivity index (χ4n) is 3.51. The number of rotatable bonds is 3. The zero-order valence-electron chi connectivity index (χ0n) is 14.9. The van der Waals surface area contributed by atoms with Gasteiger partial charge in [-0.25, -0.2) is 0 Å². The molecule has 0 spiro atoms. The lowest BCUT2D eigenvalue weighted by atomic mass is 10.0. The van der Waals surface area contributed by atoms with E-state index in [0.717, 1.165) is 11.1 Å². The number of benzene rings is 1. The molecule has 2 aliphatic rings. The number of carbonyl (C=O) groups is 3. The van der Waals surface area contributed by atoms with Gasteiger partial charge >= 0.3 is 0 Å². The molecule has 0 aliphatic carbocycles. The van der Waals surface area contributed by atoms with Crippen LogP contribution in [0.3, 0.4) is 0 Å². The van der Waals surface area contributed by atoms with Gasteiger partial charge in [-0.05, 0) is 31.4 Å². The van der Waals surface area contributed by atoms with Crippen LogP contribution in [0.1, 0.15) is 29.5 Å². The van der Waals surface area contributed by atoms with E-state index >= 15 is 0 Å². The number of nitrogens with one attached hydrogen (secondary N) is 1. The van der Waals surface area contributed by atoms with Gasteiger partial charge in [0.15, 0.2) is 0 Å². The topological polar surface area (TPSA) is 69.7 Å². The Hall–Kier alpha value is -2.37. The molecule has 1 N–H and O–H groups in total. The van der Waals surface area contributed by atoms with Crippen LogP contribution in [0.2, 0.25) is 0 Å². The maximum absolute atomic E-state index is 12.5. The molecule has 0 saturated carbocycles. The third-order valence-electron chi connectivity index (χ3n) is 5.08. The number of nitrogens with zero attached hydrogens (tertiary/aromatic N) is 2. The zero-order chi connectivity index (χ0) is 18.0. The molecule has 3 rings (SSSR count). The van der Waals surface area contributed by atoms with Gasteiger partial charge in [-0.2, -0.15) is 0 Å². The van der Waals surface area contributed by atoms with Crippen molar-refractivity contribution in [2.45, 2.75) is 39.2 Å². The molecule has 1 aromatic rings. The molecule has 1 atom stereocenters. The van der Waals surface area contributed by atoms with Crippen molar-refractivity contribution in [3.8, 4) is 0 Å². The Morgan fingerprint density at radius 3 is 2.40 bits per heavy atom. The molecule has 0 bridgehead atoms. The molecular weight excluding hydrogens is 318 g/mol. The van der Waals surface area contributed by atoms with E-state index in [1.807, 2.05) is 30.9 Å². The van der Waals surface area contributed by atoms with E-state index in [0.29, 0.717) is 45.4 Å². The number of aryl methyl sites for hydroxylation is 2. The van der Waals surface area contributed by atoms with Gasteiger partial charge in [0.05, 0.1) is 6.42 Å². The van der Waals surface area contributed by atoms with Crippen LogP contribution in [-0.2, 0) is 20.8 Å². The van der Waals surface area contributed by atoms with Crippen LogP contribution in [0.15, 0.2) is 18.2 Å². The highest BCUT2D eigenvalue weighted by atomic mass is 16.2. The highest BCUT2D eigenvalue weighted by molar-refractivity contribution is 5.91. The normalized spacial score (nSPS) is 20.6. The summed E-state index contributed by atoms with van der Waals surface area (Å²) in [6.07, 6.45) is 1.40. The van der Waals surface area contributed by atoms with Crippen LogP contribution in [-0.4, -0.2) is 59.7 Å². The lowest BCUT2D eigenvalue weighted by Gasteiger charge is -2.36. The van der Waals surface area contributed by atoms with E-state index < -0.39 is 0 Å². The van der Waals surface area contributed by atoms with E-state index in [9.17, 15) is 14.4 Å². The summed E-state index contributed by atoms with van der Waals surface area (Å²) in [7, 11) is 0. The van der Waals surface area contributed by atoms with E-state index in [2.05, 4.69) is 11.4 Å². The van der Waals surface area contributed by atoms with Crippen molar-refractivity contribution in [2.24, 2.45) is 0 Å². The smallest absolute Gasteiger partial charge is 0.245 e. The minimum Gasteiger partial charge on any atom is -0.344 e. The minimum absolute atomic E-state index is 0.0210. The third kappa shape index (κ3) is 4.00. The molecule has 0 radical (unpaired) electrons. The van der Waals surface area contributed by atoms with Crippen molar-refractivity contribution in [1.29, 1.82) is 0 Å². The SMILES string of the molecule is Cc1ccc(CC(=O)N2CCN(C(=O)C3CCC(=O)N3)CC2)c(C)c1. The molecule has 2 heterocycles. The Bertz CT molecular complexity index is 693. The van der Waals surface area contributed by atoms with E-state index in [-0.39, 0.29) is 23.8 Å². The average molecular weight is 343 g/mol. The molecule has 6 nitrogen and oxygen atoms in total. The largest absolute Gasteiger partial charge is 0.344 e. The first kappa shape index (κ1) is 17.5. The molecule has 2 aliphatic heterocycles. The summed E-state index contributed by atoms with van der Waals surface area (Å²) < 4.78 is 0. The van der Waals surface area contributed by atoms with Crippen molar-refractivity contribution >= 4 is 17.7 Å². The summed E-state index contributed by atoms with van der Waals surface area (Å²) >= 11 is 0. The third-order valence-corrected chi connectivity index (χ3v) is 5.08. The molecule has 1 aromatic carbocycles. The number of hydrogen-bond acceptors (Lipinski definition) is 3. The molecule has 6 heteroatoms. The molecule has 0 aromatic heterocycles. The first-order valence-electron chi connectivity index (χ1n) is 8.86. The van der Waals surface area contributed by atoms with E-state index in [4.69, 9.17) is 0 Å². The van der Waals surface area contributed by atoms with Crippen LogP contribution >= 0.6 is 0 Å². The Balaban J connectivity index is 1.52. The second-order valence-electron chi connectivity index (χ2n) is 6.97. The molecule has 134 valence electrons. The first-order valence-corrected chi connectivity index (χ1v) is 8.86. The molecule has 3 amide bonds. The maximum atomic E-state index is 12.5. The zero-order valence-corrected chi connectivity index (χ0v) is 14.9. The van der Waals surface area contributed by atoms with Crippen LogP contribution in [0, 0.1) is 13.8 Å². The summed E-state index contributed by atoms with van der Waals surface area (Å²) in [5.41, 5.74) is 3.39. The second kappa shape index (κ2) is 7.25. The van der Waals surface area contributed by atoms with Crippen molar-refractivity contribution in [3.63, 3.8) is 0 Å². The molecule has 25 heavy (non-hydrogen) atoms. The van der Waals surface area contributed by atoms with Crippen molar-refractivity contribution in [3.05, 3.63) is 34.9 Å². The quantitative estimate of drug-likeness (QED) is 0.882. The van der Waals surface area contributed by atoms with Crippen LogP contribution in [0.4, 0.5) is 0 Å². The number of hydrogen-bond donors (Lipinski definition) is 1. The van der Waals surface area contributed by atoms with Gasteiger partial charge in [0.25, 0.3) is 0 Å². The molecule has 2 saturated heterocycles. The number of piperazine rings is 1. The van der Waals surface area contributed by atoms with Crippen LogP contribution in [0.5, 0.6) is 0 Å². The second-order valence-corrected chi connectivity index (χ2v) is 6.97. The first-order chi connectivity index (χ1) is 11.9. The predicted molar refractivity (Wildman–Crippen MR) is 93.9 cm³/mol. The lowest BCUT2D eigenvalue weighted by Crippen LogP contribution is -2.54. The maximum Gasteiger partial charge on any atom is 0.245 e. The number of amides is 3. The fraction of sp³-hybridized carbons (Fsp3) is 0.526. The monoisotopic (exact) mass is 343 g/mol. The highest BCUT2D eigenvalue weighted by Crippen LogP contribution is 2.15. The van der Waals surface area contributed by atoms with E-state index in [1.165, 1.54) is 5.56 Å². The molecule has 2 fully saturated rings. The standard InChI is InChI=1S/C19H25N3O3/c1-13-3-4-15(14(2)11-13)12-18(24)21-7-9-22(10-8-21)19(25)16-5-6-17(23)20-16/h3-4,11,16H,5-10,12H2,1-2H3,(H,20,23). The lowest BCUT2D eigenvalue weighted by molar-refractivity contribution is -0.140. The van der Waals surface area contributed by atoms with Crippen molar-refractivity contribution in [1.82, 2.24) is 15.1 Å². The van der Waals surface area contributed by atoms with Gasteiger partial charge < -0.3 is 15.1 Å². The summed E-state index contributed by atoms with van der Waals surface area (Å²) in [6.45, 7) is 6.24. The van der Waals surface area contributed by atoms with Gasteiger partial charge in [-0.3, -0.25) is 14.4 Å². The van der Waals surface area contributed by atoms with Gasteiger partial charge in [0.1, 0.15) is 6.04 Å². The van der Waals surface area contributed by atoms with Gasteiger partial charge in [0, 0.05) is 32.6 Å². The summed E-state index contributed by atoms with van der Waals surface area (Å²) in [5.74, 6) is 0.0289. The molecule has 1 unspecified atom stereocenters. The Morgan fingerprint density at radius 2 is 1.80 bits per heavy atom. The Kier molecular flexibility index (Phi) is 5.06. The Labute approximate surface area is 148 Å². The number of carbonyl (C=O) groups excluding carboxylic acids is 3. The highest BCUT2D eigenvalue weighted by Gasteiger charge is 2.32. The van der Waals surface area contributed by atoms with Crippen LogP contribution < -0.4 is 5.32 Å². The summed E-state index contributed by atoms with van der Waals surface area (Å²) in [4.78, 5) is 39.8. The predicted octanol–water partition coefficient (Wildman–Crippen LogP) is 0.795. The van der Waals surface area contributed by atoms with Gasteiger partial charge in [-0.1, -0.05) is 23.8 Å². The van der Waals surface area contributed by atoms with Crippen molar-refractivity contribution < 1.29 is 14.4 Å². The van der Waals surface area contributed by atoms with Gasteiger partial charge in [0.2, 0.25) is 17.7 Å². The fourth-order valence-corrected chi connectivity index (χ4v) is 3.51. The summed E-state index contributed by atoms with van der Waals surface area (Å²) in [6, 6.07) is 5.76. The van der Waals surface area contributed by atoms with E-state index in [1.54, 1.807) is 4.90 Å².